The Morgan fingerprint density at radius 2 is 2.09 bits per heavy atom. The molecular formula is C14H15N5O4. The Morgan fingerprint density at radius 3 is 2.61 bits per heavy atom. The number of rotatable bonds is 4. The van der Waals surface area contributed by atoms with Crippen molar-refractivity contribution in [1.29, 1.82) is 5.41 Å². The summed E-state index contributed by atoms with van der Waals surface area (Å²) in [7, 11) is 0. The lowest BCUT2D eigenvalue weighted by molar-refractivity contribution is -0.384. The zero-order valence-corrected chi connectivity index (χ0v) is 12.5. The second-order valence-corrected chi connectivity index (χ2v) is 4.99. The number of hydrogen-bond donors (Lipinski definition) is 4. The van der Waals surface area contributed by atoms with E-state index in [1.165, 1.54) is 18.3 Å². The molecule has 0 aliphatic heterocycles. The number of nitrogens with zero attached hydrogens (tertiary/aromatic N) is 2. The molecule has 2 rings (SSSR count). The smallest absolute Gasteiger partial charge is 0.337 e. The molecule has 9 nitrogen and oxygen atoms in total. The van der Waals surface area contributed by atoms with Crippen LogP contribution in [-0.4, -0.2) is 26.5 Å². The Kier molecular flexibility index (Phi) is 4.04. The summed E-state index contributed by atoms with van der Waals surface area (Å²) >= 11 is 0. The zero-order chi connectivity index (χ0) is 17.3. The van der Waals surface area contributed by atoms with Crippen LogP contribution in [0.3, 0.4) is 0 Å². The van der Waals surface area contributed by atoms with Gasteiger partial charge < -0.3 is 16.3 Å². The Hall–Kier alpha value is -3.36. The number of aryl methyl sites for hydroxylation is 1. The van der Waals surface area contributed by atoms with Crippen LogP contribution in [0.1, 0.15) is 27.2 Å². The normalized spacial score (nSPS) is 10.3. The van der Waals surface area contributed by atoms with Crippen LogP contribution in [0.25, 0.3) is 0 Å². The quantitative estimate of drug-likeness (QED) is 0.222. The van der Waals surface area contributed by atoms with Crippen LogP contribution in [0.4, 0.5) is 11.4 Å². The van der Waals surface area contributed by atoms with Crippen molar-refractivity contribution in [2.45, 2.75) is 13.8 Å². The average molecular weight is 317 g/mol. The molecule has 0 aliphatic carbocycles. The monoisotopic (exact) mass is 317 g/mol. The summed E-state index contributed by atoms with van der Waals surface area (Å²) in [5.41, 5.74) is 1.48. The zero-order valence-electron chi connectivity index (χ0n) is 12.5. The molecule has 0 amide bonds. The largest absolute Gasteiger partial charge is 0.478 e. The van der Waals surface area contributed by atoms with Crippen LogP contribution in [0.5, 0.6) is 0 Å². The highest BCUT2D eigenvalue weighted by molar-refractivity contribution is 6.08. The summed E-state index contributed by atoms with van der Waals surface area (Å²) in [5, 5.41) is 30.8. The predicted molar refractivity (Wildman–Crippen MR) is 84.6 cm³/mol. The van der Waals surface area contributed by atoms with Crippen LogP contribution in [0.15, 0.2) is 24.4 Å². The maximum atomic E-state index is 11.1. The molecule has 0 atom stereocenters. The van der Waals surface area contributed by atoms with E-state index in [1.54, 1.807) is 19.9 Å². The number of nitro groups is 1. The van der Waals surface area contributed by atoms with Crippen molar-refractivity contribution >= 4 is 23.2 Å². The Bertz CT molecular complexity index is 825. The minimum atomic E-state index is -1.15. The second kappa shape index (κ2) is 5.79. The number of benzene rings is 1. The first kappa shape index (κ1) is 16.0. The standard InChI is InChI=1S/C14H15N5O4/c1-7-3-4-9(19(22)23)5-11(7)17-13(15)12-8(2)10(14(20)21)6-18(12)16/h3-6H,16H2,1-2H3,(H2,15,17)(H,20,21). The summed E-state index contributed by atoms with van der Waals surface area (Å²) in [5.74, 6) is 4.42. The lowest BCUT2D eigenvalue weighted by Crippen LogP contribution is -2.22. The molecule has 5 N–H and O–H groups in total. The van der Waals surface area contributed by atoms with Crippen molar-refractivity contribution in [3.63, 3.8) is 0 Å². The molecule has 0 aliphatic rings. The third kappa shape index (κ3) is 2.98. The minimum absolute atomic E-state index is 0.00943. The molecule has 0 radical (unpaired) electrons. The Labute approximate surface area is 131 Å². The second-order valence-electron chi connectivity index (χ2n) is 4.99. The lowest BCUT2D eigenvalue weighted by atomic mass is 10.1. The fourth-order valence-corrected chi connectivity index (χ4v) is 2.21. The van der Waals surface area contributed by atoms with Gasteiger partial charge in [0.1, 0.15) is 11.5 Å². The molecule has 1 aromatic carbocycles. The number of nitro benzene ring substituents is 1. The van der Waals surface area contributed by atoms with Crippen molar-refractivity contribution in [2.75, 3.05) is 11.2 Å². The van der Waals surface area contributed by atoms with Gasteiger partial charge in [-0.1, -0.05) is 6.07 Å². The van der Waals surface area contributed by atoms with E-state index in [9.17, 15) is 14.9 Å². The fraction of sp³-hybridized carbons (Fsp3) is 0.143. The van der Waals surface area contributed by atoms with Crippen LogP contribution in [-0.2, 0) is 0 Å². The van der Waals surface area contributed by atoms with E-state index in [2.05, 4.69) is 5.32 Å². The topological polar surface area (TPSA) is 147 Å². The SMILES string of the molecule is Cc1ccc([N+](=O)[O-])cc1NC(=N)c1c(C)c(C(=O)O)cn1N. The molecule has 2 aromatic rings. The number of amidine groups is 1. The molecule has 1 aromatic heterocycles. The fourth-order valence-electron chi connectivity index (χ4n) is 2.21. The maximum absolute atomic E-state index is 11.1. The number of aromatic carboxylic acids is 1. The molecule has 0 saturated heterocycles. The van der Waals surface area contributed by atoms with Gasteiger partial charge in [-0.3, -0.25) is 20.2 Å². The van der Waals surface area contributed by atoms with Gasteiger partial charge in [0.2, 0.25) is 0 Å². The summed E-state index contributed by atoms with van der Waals surface area (Å²) in [6, 6.07) is 4.23. The van der Waals surface area contributed by atoms with Gasteiger partial charge in [0, 0.05) is 24.0 Å². The molecule has 0 spiro atoms. The summed E-state index contributed by atoms with van der Waals surface area (Å²) in [4.78, 5) is 21.4. The molecule has 0 bridgehead atoms. The molecule has 0 unspecified atom stereocenters. The van der Waals surface area contributed by atoms with Gasteiger partial charge in [-0.25, -0.2) is 4.79 Å². The van der Waals surface area contributed by atoms with Crippen molar-refractivity contribution in [3.8, 4) is 0 Å². The number of hydrogen-bond acceptors (Lipinski definition) is 5. The molecule has 120 valence electrons. The van der Waals surface area contributed by atoms with Gasteiger partial charge in [-0.15, -0.1) is 0 Å². The first-order valence-corrected chi connectivity index (χ1v) is 6.53. The number of carbonyl (C=O) groups is 1. The van der Waals surface area contributed by atoms with Gasteiger partial charge in [-0.2, -0.15) is 0 Å². The minimum Gasteiger partial charge on any atom is -0.478 e. The number of anilines is 1. The van der Waals surface area contributed by atoms with Gasteiger partial charge in [0.15, 0.2) is 0 Å². The van der Waals surface area contributed by atoms with E-state index in [-0.39, 0.29) is 22.8 Å². The van der Waals surface area contributed by atoms with E-state index in [4.69, 9.17) is 16.4 Å². The first-order valence-electron chi connectivity index (χ1n) is 6.53. The van der Waals surface area contributed by atoms with E-state index >= 15 is 0 Å². The number of carboxylic acid groups (broad SMARTS) is 1. The van der Waals surface area contributed by atoms with Crippen molar-refractivity contribution < 1.29 is 14.8 Å². The Morgan fingerprint density at radius 1 is 1.43 bits per heavy atom. The van der Waals surface area contributed by atoms with E-state index < -0.39 is 10.9 Å². The highest BCUT2D eigenvalue weighted by atomic mass is 16.6. The van der Waals surface area contributed by atoms with E-state index in [0.717, 1.165) is 4.68 Å². The number of nitrogens with two attached hydrogens (primary N) is 1. The summed E-state index contributed by atoms with van der Waals surface area (Å²) in [6.07, 6.45) is 1.21. The van der Waals surface area contributed by atoms with Gasteiger partial charge in [0.05, 0.1) is 10.5 Å². The number of nitrogen functional groups attached to an aromatic ring is 1. The summed E-state index contributed by atoms with van der Waals surface area (Å²) in [6.45, 7) is 3.27. The number of carboxylic acids is 1. The predicted octanol–water partition coefficient (Wildman–Crippen LogP) is 1.86. The molecule has 23 heavy (non-hydrogen) atoms. The lowest BCUT2D eigenvalue weighted by Gasteiger charge is -2.12. The molecule has 9 heteroatoms. The van der Waals surface area contributed by atoms with Crippen molar-refractivity contribution in [2.24, 2.45) is 0 Å². The number of aromatic nitrogens is 1. The molecule has 1 heterocycles. The third-order valence-electron chi connectivity index (χ3n) is 3.44. The highest BCUT2D eigenvalue weighted by Crippen LogP contribution is 2.23. The first-order chi connectivity index (χ1) is 10.7. The highest BCUT2D eigenvalue weighted by Gasteiger charge is 2.20. The van der Waals surface area contributed by atoms with Gasteiger partial charge in [-0.05, 0) is 25.0 Å². The third-order valence-corrected chi connectivity index (χ3v) is 3.44. The van der Waals surface area contributed by atoms with Crippen LogP contribution >= 0.6 is 0 Å². The molecule has 0 saturated carbocycles. The van der Waals surface area contributed by atoms with Crippen molar-refractivity contribution in [3.05, 3.63) is 56.9 Å². The van der Waals surface area contributed by atoms with Crippen LogP contribution in [0, 0.1) is 29.4 Å². The molecular weight excluding hydrogens is 302 g/mol. The molecule has 0 fully saturated rings. The van der Waals surface area contributed by atoms with Gasteiger partial charge >= 0.3 is 5.97 Å². The number of nitrogens with one attached hydrogen (secondary N) is 2. The van der Waals surface area contributed by atoms with Crippen LogP contribution in [0.2, 0.25) is 0 Å². The average Bonchev–Trinajstić information content (AvgIpc) is 2.76. The van der Waals surface area contributed by atoms with E-state index in [1.807, 2.05) is 0 Å². The van der Waals surface area contributed by atoms with E-state index in [0.29, 0.717) is 16.8 Å². The van der Waals surface area contributed by atoms with Gasteiger partial charge in [0.25, 0.3) is 5.69 Å². The maximum Gasteiger partial charge on any atom is 0.337 e. The number of non-ortho nitro benzene ring substituents is 1. The van der Waals surface area contributed by atoms with Crippen molar-refractivity contribution in [1.82, 2.24) is 4.68 Å². The van der Waals surface area contributed by atoms with Crippen LogP contribution < -0.4 is 11.2 Å². The summed E-state index contributed by atoms with van der Waals surface area (Å²) < 4.78 is 1.04. The Balaban J connectivity index is 2.39.